The van der Waals surface area contributed by atoms with Gasteiger partial charge in [-0.15, -0.1) is 0 Å². The summed E-state index contributed by atoms with van der Waals surface area (Å²) in [5.41, 5.74) is 1.27. The highest BCUT2D eigenvalue weighted by molar-refractivity contribution is 5.43. The van der Waals surface area contributed by atoms with Crippen molar-refractivity contribution in [2.75, 3.05) is 26.8 Å². The summed E-state index contributed by atoms with van der Waals surface area (Å²) in [6.45, 7) is 6.46. The maximum absolute atomic E-state index is 5.66. The molecule has 0 aliphatic rings. The summed E-state index contributed by atoms with van der Waals surface area (Å²) >= 11 is 0. The smallest absolute Gasteiger partial charge is 0.161 e. The van der Waals surface area contributed by atoms with Crippen molar-refractivity contribution in [3.05, 3.63) is 23.8 Å². The lowest BCUT2D eigenvalue weighted by Crippen LogP contribution is -2.10. The van der Waals surface area contributed by atoms with E-state index in [1.165, 1.54) is 5.56 Å². The first kappa shape index (κ1) is 13.8. The predicted octanol–water partition coefficient (Wildman–Crippen LogP) is 2.64. The summed E-state index contributed by atoms with van der Waals surface area (Å²) in [6.07, 6.45) is 2.01. The van der Waals surface area contributed by atoms with Crippen molar-refractivity contribution in [2.24, 2.45) is 0 Å². The molecule has 17 heavy (non-hydrogen) atoms. The van der Waals surface area contributed by atoms with Crippen molar-refractivity contribution in [1.82, 2.24) is 5.32 Å². The van der Waals surface area contributed by atoms with Gasteiger partial charge in [0.05, 0.1) is 13.2 Å². The maximum Gasteiger partial charge on any atom is 0.161 e. The molecular formula is C14H23NO2. The van der Waals surface area contributed by atoms with Gasteiger partial charge in [0.15, 0.2) is 11.5 Å². The van der Waals surface area contributed by atoms with Gasteiger partial charge in [0.1, 0.15) is 0 Å². The molecule has 1 aromatic rings. The molecule has 0 radical (unpaired) electrons. The van der Waals surface area contributed by atoms with Gasteiger partial charge in [0.2, 0.25) is 0 Å². The van der Waals surface area contributed by atoms with Crippen molar-refractivity contribution in [3.8, 4) is 11.5 Å². The lowest BCUT2D eigenvalue weighted by atomic mass is 10.1. The Morgan fingerprint density at radius 2 is 1.94 bits per heavy atom. The molecule has 0 aliphatic heterocycles. The van der Waals surface area contributed by atoms with Crippen LogP contribution in [0.5, 0.6) is 11.5 Å². The van der Waals surface area contributed by atoms with Gasteiger partial charge in [-0.2, -0.15) is 0 Å². The molecule has 0 aliphatic carbocycles. The highest BCUT2D eigenvalue weighted by Gasteiger charge is 2.06. The van der Waals surface area contributed by atoms with E-state index in [2.05, 4.69) is 24.4 Å². The molecule has 0 bridgehead atoms. The van der Waals surface area contributed by atoms with Crippen molar-refractivity contribution >= 4 is 0 Å². The first-order chi connectivity index (χ1) is 8.31. The minimum Gasteiger partial charge on any atom is -0.490 e. The quantitative estimate of drug-likeness (QED) is 0.754. The van der Waals surface area contributed by atoms with Crippen molar-refractivity contribution in [2.45, 2.75) is 26.7 Å². The normalized spacial score (nSPS) is 10.3. The fourth-order valence-corrected chi connectivity index (χ4v) is 1.58. The summed E-state index contributed by atoms with van der Waals surface area (Å²) in [6, 6.07) is 6.18. The van der Waals surface area contributed by atoms with E-state index in [9.17, 15) is 0 Å². The molecule has 1 aromatic carbocycles. The van der Waals surface area contributed by atoms with E-state index in [-0.39, 0.29) is 0 Å². The number of hydrogen-bond donors (Lipinski definition) is 1. The first-order valence-electron chi connectivity index (χ1n) is 6.34. The molecule has 0 unspecified atom stereocenters. The topological polar surface area (TPSA) is 30.5 Å². The number of hydrogen-bond acceptors (Lipinski definition) is 3. The Hall–Kier alpha value is -1.22. The number of benzene rings is 1. The molecule has 0 heterocycles. The Balaban J connectivity index is 2.75. The number of likely N-dealkylation sites (N-methyl/N-ethyl adjacent to an activating group) is 1. The number of rotatable bonds is 8. The third-order valence-electron chi connectivity index (χ3n) is 2.43. The van der Waals surface area contributed by atoms with E-state index in [0.29, 0.717) is 6.61 Å². The molecule has 0 amide bonds. The highest BCUT2D eigenvalue weighted by atomic mass is 16.5. The first-order valence-corrected chi connectivity index (χ1v) is 6.34. The van der Waals surface area contributed by atoms with Crippen LogP contribution in [0.1, 0.15) is 25.8 Å². The molecule has 0 saturated heterocycles. The minimum atomic E-state index is 0.665. The zero-order chi connectivity index (χ0) is 12.5. The van der Waals surface area contributed by atoms with Gasteiger partial charge < -0.3 is 14.8 Å². The third kappa shape index (κ3) is 4.65. The van der Waals surface area contributed by atoms with Crippen LogP contribution in [0.3, 0.4) is 0 Å². The van der Waals surface area contributed by atoms with Gasteiger partial charge in [0, 0.05) is 0 Å². The lowest BCUT2D eigenvalue weighted by Gasteiger charge is -2.13. The molecule has 0 atom stereocenters. The number of ether oxygens (including phenoxy) is 2. The monoisotopic (exact) mass is 237 g/mol. The SMILES string of the molecule is CCCOc1ccc(CCNC)cc1OCC. The second kappa shape index (κ2) is 7.96. The summed E-state index contributed by atoms with van der Waals surface area (Å²) in [4.78, 5) is 0. The maximum atomic E-state index is 5.66. The van der Waals surface area contributed by atoms with Crippen molar-refractivity contribution in [1.29, 1.82) is 0 Å². The van der Waals surface area contributed by atoms with Crippen molar-refractivity contribution < 1.29 is 9.47 Å². The van der Waals surface area contributed by atoms with Crippen LogP contribution in [-0.4, -0.2) is 26.8 Å². The molecular weight excluding hydrogens is 214 g/mol. The molecule has 0 fully saturated rings. The van der Waals surface area contributed by atoms with E-state index in [4.69, 9.17) is 9.47 Å². The minimum absolute atomic E-state index is 0.665. The van der Waals surface area contributed by atoms with E-state index >= 15 is 0 Å². The summed E-state index contributed by atoms with van der Waals surface area (Å²) in [5, 5.41) is 3.14. The lowest BCUT2D eigenvalue weighted by molar-refractivity contribution is 0.276. The summed E-state index contributed by atoms with van der Waals surface area (Å²) in [7, 11) is 1.96. The summed E-state index contributed by atoms with van der Waals surface area (Å²) < 4.78 is 11.3. The molecule has 3 nitrogen and oxygen atoms in total. The van der Waals surface area contributed by atoms with E-state index in [1.54, 1.807) is 0 Å². The zero-order valence-corrected chi connectivity index (χ0v) is 11.1. The third-order valence-corrected chi connectivity index (χ3v) is 2.43. The molecule has 0 saturated carbocycles. The van der Waals surface area contributed by atoms with E-state index < -0.39 is 0 Å². The van der Waals surface area contributed by atoms with Gasteiger partial charge in [-0.3, -0.25) is 0 Å². The van der Waals surface area contributed by atoms with Gasteiger partial charge >= 0.3 is 0 Å². The Labute approximate surface area is 104 Å². The van der Waals surface area contributed by atoms with Crippen LogP contribution in [0, 0.1) is 0 Å². The predicted molar refractivity (Wildman–Crippen MR) is 71.0 cm³/mol. The van der Waals surface area contributed by atoms with Crippen LogP contribution in [0.4, 0.5) is 0 Å². The number of nitrogens with one attached hydrogen (secondary N) is 1. The molecule has 3 heteroatoms. The second-order valence-electron chi connectivity index (χ2n) is 3.92. The van der Waals surface area contributed by atoms with Gasteiger partial charge in [-0.25, -0.2) is 0 Å². The molecule has 0 aromatic heterocycles. The largest absolute Gasteiger partial charge is 0.490 e. The Kier molecular flexibility index (Phi) is 6.48. The fourth-order valence-electron chi connectivity index (χ4n) is 1.58. The molecule has 1 rings (SSSR count). The van der Waals surface area contributed by atoms with Gasteiger partial charge in [0.25, 0.3) is 0 Å². The van der Waals surface area contributed by atoms with Gasteiger partial charge in [-0.05, 0) is 51.1 Å². The van der Waals surface area contributed by atoms with E-state index in [0.717, 1.165) is 37.5 Å². The Morgan fingerprint density at radius 1 is 1.12 bits per heavy atom. The van der Waals surface area contributed by atoms with Crippen molar-refractivity contribution in [3.63, 3.8) is 0 Å². The Morgan fingerprint density at radius 3 is 2.59 bits per heavy atom. The second-order valence-corrected chi connectivity index (χ2v) is 3.92. The van der Waals surface area contributed by atoms with Crippen LogP contribution >= 0.6 is 0 Å². The van der Waals surface area contributed by atoms with Gasteiger partial charge in [-0.1, -0.05) is 13.0 Å². The zero-order valence-electron chi connectivity index (χ0n) is 11.1. The molecule has 1 N–H and O–H groups in total. The molecule has 0 spiro atoms. The average molecular weight is 237 g/mol. The van der Waals surface area contributed by atoms with Crippen LogP contribution in [0.15, 0.2) is 18.2 Å². The van der Waals surface area contributed by atoms with Crippen LogP contribution in [0.25, 0.3) is 0 Å². The van der Waals surface area contributed by atoms with Crippen LogP contribution in [0.2, 0.25) is 0 Å². The molecule has 96 valence electrons. The standard InChI is InChI=1S/C14H23NO2/c1-4-10-17-13-7-6-12(8-9-15-3)11-14(13)16-5-2/h6-7,11,15H,4-5,8-10H2,1-3H3. The summed E-state index contributed by atoms with van der Waals surface area (Å²) in [5.74, 6) is 1.71. The average Bonchev–Trinajstić information content (AvgIpc) is 2.35. The fraction of sp³-hybridized carbons (Fsp3) is 0.571. The van der Waals surface area contributed by atoms with Crippen LogP contribution in [-0.2, 0) is 6.42 Å². The van der Waals surface area contributed by atoms with E-state index in [1.807, 2.05) is 20.0 Å². The van der Waals surface area contributed by atoms with Crippen LogP contribution < -0.4 is 14.8 Å². The highest BCUT2D eigenvalue weighted by Crippen LogP contribution is 2.28. The Bertz CT molecular complexity index is 326.